The van der Waals surface area contributed by atoms with E-state index in [2.05, 4.69) is 45.3 Å². The molecule has 0 spiro atoms. The SMILES string of the molecule is CCNCC1(C)CC(NCC)CC(C)(C)C1. The molecule has 1 rings (SSSR count). The van der Waals surface area contributed by atoms with E-state index in [1.54, 1.807) is 0 Å². The lowest BCUT2D eigenvalue weighted by atomic mass is 9.62. The minimum Gasteiger partial charge on any atom is -0.316 e. The number of rotatable bonds is 5. The lowest BCUT2D eigenvalue weighted by Crippen LogP contribution is -2.48. The Bertz CT molecular complexity index is 213. The van der Waals surface area contributed by atoms with E-state index in [1.165, 1.54) is 19.3 Å². The van der Waals surface area contributed by atoms with Gasteiger partial charge in [-0.2, -0.15) is 0 Å². The van der Waals surface area contributed by atoms with Crippen molar-refractivity contribution in [1.29, 1.82) is 0 Å². The topological polar surface area (TPSA) is 24.1 Å². The minimum atomic E-state index is 0.463. The number of hydrogen-bond donors (Lipinski definition) is 2. The van der Waals surface area contributed by atoms with Gasteiger partial charge in [0.15, 0.2) is 0 Å². The predicted octanol–water partition coefficient (Wildman–Crippen LogP) is 2.79. The van der Waals surface area contributed by atoms with Crippen molar-refractivity contribution in [1.82, 2.24) is 10.6 Å². The lowest BCUT2D eigenvalue weighted by Gasteiger charge is -2.47. The first-order chi connectivity index (χ1) is 7.41. The Kier molecular flexibility index (Phi) is 4.81. The van der Waals surface area contributed by atoms with Gasteiger partial charge in [-0.25, -0.2) is 0 Å². The standard InChI is InChI=1S/C14H30N2/c1-6-15-11-14(5)9-12(16-7-2)8-13(3,4)10-14/h12,15-16H,6-11H2,1-5H3. The summed E-state index contributed by atoms with van der Waals surface area (Å²) in [6.45, 7) is 15.0. The molecule has 0 heterocycles. The van der Waals surface area contributed by atoms with Crippen molar-refractivity contribution in [2.24, 2.45) is 10.8 Å². The first kappa shape index (κ1) is 14.0. The van der Waals surface area contributed by atoms with E-state index in [-0.39, 0.29) is 0 Å². The van der Waals surface area contributed by atoms with E-state index in [9.17, 15) is 0 Å². The van der Waals surface area contributed by atoms with E-state index in [0.29, 0.717) is 16.9 Å². The highest BCUT2D eigenvalue weighted by molar-refractivity contribution is 4.95. The molecule has 2 unspecified atom stereocenters. The van der Waals surface area contributed by atoms with Gasteiger partial charge in [-0.3, -0.25) is 0 Å². The van der Waals surface area contributed by atoms with Crippen LogP contribution >= 0.6 is 0 Å². The Morgan fingerprint density at radius 3 is 2.31 bits per heavy atom. The van der Waals surface area contributed by atoms with Gasteiger partial charge in [-0.05, 0) is 43.2 Å². The van der Waals surface area contributed by atoms with E-state index < -0.39 is 0 Å². The largest absolute Gasteiger partial charge is 0.316 e. The van der Waals surface area contributed by atoms with E-state index in [1.807, 2.05) is 0 Å². The summed E-state index contributed by atoms with van der Waals surface area (Å²) in [6, 6.07) is 0.706. The average molecular weight is 226 g/mol. The Balaban J connectivity index is 2.63. The molecular formula is C14H30N2. The second kappa shape index (κ2) is 5.50. The molecule has 2 N–H and O–H groups in total. The molecule has 2 atom stereocenters. The molecule has 1 aliphatic carbocycles. The van der Waals surface area contributed by atoms with Crippen LogP contribution in [0.25, 0.3) is 0 Å². The zero-order chi connectivity index (χ0) is 12.2. The fraction of sp³-hybridized carbons (Fsp3) is 1.00. The first-order valence-electron chi connectivity index (χ1n) is 6.85. The van der Waals surface area contributed by atoms with Crippen LogP contribution in [0.3, 0.4) is 0 Å². The molecule has 0 aromatic carbocycles. The predicted molar refractivity (Wildman–Crippen MR) is 71.7 cm³/mol. The quantitative estimate of drug-likeness (QED) is 0.753. The maximum absolute atomic E-state index is 3.64. The van der Waals surface area contributed by atoms with Crippen LogP contribution in [0.5, 0.6) is 0 Å². The molecule has 1 aliphatic rings. The van der Waals surface area contributed by atoms with Crippen LogP contribution in [0.2, 0.25) is 0 Å². The van der Waals surface area contributed by atoms with Gasteiger partial charge in [0.2, 0.25) is 0 Å². The van der Waals surface area contributed by atoms with Gasteiger partial charge >= 0.3 is 0 Å². The van der Waals surface area contributed by atoms with Gasteiger partial charge in [0.05, 0.1) is 0 Å². The fourth-order valence-electron chi connectivity index (χ4n) is 3.63. The third-order valence-corrected chi connectivity index (χ3v) is 3.74. The van der Waals surface area contributed by atoms with Gasteiger partial charge in [-0.1, -0.05) is 34.6 Å². The maximum Gasteiger partial charge on any atom is 0.00776 e. The monoisotopic (exact) mass is 226 g/mol. The summed E-state index contributed by atoms with van der Waals surface area (Å²) in [5, 5.41) is 7.18. The highest BCUT2D eigenvalue weighted by atomic mass is 14.9. The molecule has 0 saturated heterocycles. The molecule has 96 valence electrons. The average Bonchev–Trinajstić information content (AvgIpc) is 2.12. The lowest BCUT2D eigenvalue weighted by molar-refractivity contribution is 0.0714. The van der Waals surface area contributed by atoms with Gasteiger partial charge in [0.1, 0.15) is 0 Å². The molecule has 0 aromatic rings. The van der Waals surface area contributed by atoms with Crippen LogP contribution in [0, 0.1) is 10.8 Å². The van der Waals surface area contributed by atoms with Gasteiger partial charge in [-0.15, -0.1) is 0 Å². The van der Waals surface area contributed by atoms with Crippen LogP contribution in [-0.4, -0.2) is 25.7 Å². The molecule has 0 radical (unpaired) electrons. The van der Waals surface area contributed by atoms with Crippen molar-refractivity contribution in [3.05, 3.63) is 0 Å². The highest BCUT2D eigenvalue weighted by Gasteiger charge is 2.40. The van der Waals surface area contributed by atoms with E-state index in [4.69, 9.17) is 0 Å². The molecule has 0 bridgehead atoms. The zero-order valence-corrected chi connectivity index (χ0v) is 11.8. The minimum absolute atomic E-state index is 0.463. The van der Waals surface area contributed by atoms with Crippen molar-refractivity contribution < 1.29 is 0 Å². The van der Waals surface area contributed by atoms with Gasteiger partial charge in [0.25, 0.3) is 0 Å². The molecule has 0 aromatic heterocycles. The number of hydrogen-bond acceptors (Lipinski definition) is 2. The summed E-state index contributed by atoms with van der Waals surface area (Å²) in [5.41, 5.74) is 0.944. The Hall–Kier alpha value is -0.0800. The Morgan fingerprint density at radius 2 is 1.75 bits per heavy atom. The molecule has 2 heteroatoms. The van der Waals surface area contributed by atoms with Crippen molar-refractivity contribution in [3.63, 3.8) is 0 Å². The molecule has 0 aliphatic heterocycles. The highest BCUT2D eigenvalue weighted by Crippen LogP contribution is 2.45. The maximum atomic E-state index is 3.64. The Morgan fingerprint density at radius 1 is 1.06 bits per heavy atom. The van der Waals surface area contributed by atoms with Gasteiger partial charge in [0, 0.05) is 12.6 Å². The second-order valence-electron chi connectivity index (χ2n) is 6.59. The summed E-state index contributed by atoms with van der Waals surface area (Å²) >= 11 is 0. The molecular weight excluding hydrogens is 196 g/mol. The van der Waals surface area contributed by atoms with Crippen molar-refractivity contribution >= 4 is 0 Å². The summed E-state index contributed by atoms with van der Waals surface area (Å²) in [7, 11) is 0. The van der Waals surface area contributed by atoms with Crippen molar-refractivity contribution in [2.45, 2.75) is 59.9 Å². The number of nitrogens with one attached hydrogen (secondary N) is 2. The molecule has 1 saturated carbocycles. The zero-order valence-electron chi connectivity index (χ0n) is 11.8. The van der Waals surface area contributed by atoms with Crippen LogP contribution < -0.4 is 10.6 Å². The van der Waals surface area contributed by atoms with Gasteiger partial charge < -0.3 is 10.6 Å². The van der Waals surface area contributed by atoms with Crippen LogP contribution in [-0.2, 0) is 0 Å². The van der Waals surface area contributed by atoms with E-state index in [0.717, 1.165) is 19.6 Å². The van der Waals surface area contributed by atoms with E-state index >= 15 is 0 Å². The summed E-state index contributed by atoms with van der Waals surface area (Å²) < 4.78 is 0. The van der Waals surface area contributed by atoms with Crippen LogP contribution in [0.1, 0.15) is 53.9 Å². The second-order valence-corrected chi connectivity index (χ2v) is 6.59. The summed E-state index contributed by atoms with van der Waals surface area (Å²) in [5.74, 6) is 0. The van der Waals surface area contributed by atoms with Crippen LogP contribution in [0.4, 0.5) is 0 Å². The molecule has 0 amide bonds. The van der Waals surface area contributed by atoms with Crippen molar-refractivity contribution in [3.8, 4) is 0 Å². The summed E-state index contributed by atoms with van der Waals surface area (Å²) in [4.78, 5) is 0. The third kappa shape index (κ3) is 4.06. The van der Waals surface area contributed by atoms with Crippen LogP contribution in [0.15, 0.2) is 0 Å². The smallest absolute Gasteiger partial charge is 0.00776 e. The first-order valence-corrected chi connectivity index (χ1v) is 6.85. The molecule has 1 fully saturated rings. The van der Waals surface area contributed by atoms with Crippen molar-refractivity contribution in [2.75, 3.05) is 19.6 Å². The summed E-state index contributed by atoms with van der Waals surface area (Å²) in [6.07, 6.45) is 3.98. The third-order valence-electron chi connectivity index (χ3n) is 3.74. The normalized spacial score (nSPS) is 33.9. The molecule has 16 heavy (non-hydrogen) atoms. The molecule has 2 nitrogen and oxygen atoms in total. The Labute approximate surface area is 102 Å². The fourth-order valence-corrected chi connectivity index (χ4v) is 3.63.